The lowest BCUT2D eigenvalue weighted by molar-refractivity contribution is 1.17. The van der Waals surface area contributed by atoms with Gasteiger partial charge in [-0.1, -0.05) is 36.4 Å². The SMILES string of the molecule is Cc1cc(C)c(N(C)c2ccc3ccccc3c2)cc1C. The van der Waals surface area contributed by atoms with Crippen molar-refractivity contribution in [3.63, 3.8) is 0 Å². The van der Waals surface area contributed by atoms with Gasteiger partial charge in [-0.25, -0.2) is 0 Å². The minimum Gasteiger partial charge on any atom is -0.344 e. The second-order valence-electron chi connectivity index (χ2n) is 5.81. The number of anilines is 2. The molecule has 0 N–H and O–H groups in total. The van der Waals surface area contributed by atoms with Gasteiger partial charge in [-0.2, -0.15) is 0 Å². The first-order chi connectivity index (χ1) is 10.1. The molecule has 0 aromatic heterocycles. The first-order valence-corrected chi connectivity index (χ1v) is 7.36. The molecule has 0 spiro atoms. The van der Waals surface area contributed by atoms with E-state index in [1.54, 1.807) is 0 Å². The zero-order valence-corrected chi connectivity index (χ0v) is 13.1. The standard InChI is InChI=1S/C20H21N/c1-14-11-16(3)20(12-15(14)2)21(4)19-10-9-17-7-5-6-8-18(17)13-19/h5-13H,1-4H3. The minimum absolute atomic E-state index is 1.22. The molecule has 0 saturated heterocycles. The summed E-state index contributed by atoms with van der Waals surface area (Å²) in [5, 5.41) is 2.56. The predicted molar refractivity (Wildman–Crippen MR) is 92.7 cm³/mol. The first kappa shape index (κ1) is 13.7. The molecule has 0 aliphatic carbocycles. The van der Waals surface area contributed by atoms with Crippen LogP contribution in [0, 0.1) is 20.8 Å². The number of hydrogen-bond donors (Lipinski definition) is 0. The molecule has 3 rings (SSSR count). The summed E-state index contributed by atoms with van der Waals surface area (Å²) >= 11 is 0. The monoisotopic (exact) mass is 275 g/mol. The fourth-order valence-electron chi connectivity index (χ4n) is 2.83. The van der Waals surface area contributed by atoms with Crippen LogP contribution in [0.3, 0.4) is 0 Å². The molecular weight excluding hydrogens is 254 g/mol. The molecule has 1 nitrogen and oxygen atoms in total. The maximum atomic E-state index is 2.28. The van der Waals surface area contributed by atoms with Crippen molar-refractivity contribution in [2.75, 3.05) is 11.9 Å². The molecule has 0 aliphatic rings. The third-order valence-electron chi connectivity index (χ3n) is 4.29. The van der Waals surface area contributed by atoms with Gasteiger partial charge in [-0.15, -0.1) is 0 Å². The molecule has 0 aliphatic heterocycles. The van der Waals surface area contributed by atoms with Crippen molar-refractivity contribution < 1.29 is 0 Å². The summed E-state index contributed by atoms with van der Waals surface area (Å²) in [6.07, 6.45) is 0. The second kappa shape index (κ2) is 5.25. The summed E-state index contributed by atoms with van der Waals surface area (Å²) < 4.78 is 0. The van der Waals surface area contributed by atoms with Crippen molar-refractivity contribution in [2.45, 2.75) is 20.8 Å². The van der Waals surface area contributed by atoms with E-state index >= 15 is 0 Å². The number of rotatable bonds is 2. The number of nitrogens with zero attached hydrogens (tertiary/aromatic N) is 1. The van der Waals surface area contributed by atoms with Gasteiger partial charge in [0.15, 0.2) is 0 Å². The van der Waals surface area contributed by atoms with Gasteiger partial charge < -0.3 is 4.90 Å². The van der Waals surface area contributed by atoms with Crippen LogP contribution in [-0.4, -0.2) is 7.05 Å². The van der Waals surface area contributed by atoms with E-state index in [4.69, 9.17) is 0 Å². The molecule has 3 aromatic rings. The number of fused-ring (bicyclic) bond motifs is 1. The van der Waals surface area contributed by atoms with Gasteiger partial charge >= 0.3 is 0 Å². The molecule has 21 heavy (non-hydrogen) atoms. The Morgan fingerprint density at radius 2 is 1.33 bits per heavy atom. The van der Waals surface area contributed by atoms with Crippen molar-refractivity contribution in [2.24, 2.45) is 0 Å². The van der Waals surface area contributed by atoms with Crippen LogP contribution < -0.4 is 4.90 Å². The number of aryl methyl sites for hydroxylation is 3. The highest BCUT2D eigenvalue weighted by Gasteiger charge is 2.09. The van der Waals surface area contributed by atoms with Gasteiger partial charge in [-0.05, 0) is 66.4 Å². The lowest BCUT2D eigenvalue weighted by atomic mass is 10.0. The van der Waals surface area contributed by atoms with Crippen LogP contribution in [0.15, 0.2) is 54.6 Å². The summed E-state index contributed by atoms with van der Waals surface area (Å²) in [4.78, 5) is 2.27. The molecule has 0 fully saturated rings. The molecule has 0 bridgehead atoms. The van der Waals surface area contributed by atoms with Crippen LogP contribution in [0.1, 0.15) is 16.7 Å². The molecule has 0 amide bonds. The molecular formula is C20H21N. The Morgan fingerprint density at radius 1 is 0.667 bits per heavy atom. The Morgan fingerprint density at radius 3 is 2.10 bits per heavy atom. The van der Waals surface area contributed by atoms with E-state index in [0.29, 0.717) is 0 Å². The average Bonchev–Trinajstić information content (AvgIpc) is 2.50. The third kappa shape index (κ3) is 2.52. The quantitative estimate of drug-likeness (QED) is 0.594. The van der Waals surface area contributed by atoms with Gasteiger partial charge in [0.05, 0.1) is 0 Å². The normalized spacial score (nSPS) is 10.9. The lowest BCUT2D eigenvalue weighted by Crippen LogP contribution is -2.11. The van der Waals surface area contributed by atoms with Crippen molar-refractivity contribution in [3.8, 4) is 0 Å². The predicted octanol–water partition coefficient (Wildman–Crippen LogP) is 5.53. The summed E-state index contributed by atoms with van der Waals surface area (Å²) in [5.41, 5.74) is 6.49. The molecule has 3 aromatic carbocycles. The van der Waals surface area contributed by atoms with Crippen LogP contribution in [0.4, 0.5) is 11.4 Å². The molecule has 1 heteroatoms. The lowest BCUT2D eigenvalue weighted by Gasteiger charge is -2.23. The van der Waals surface area contributed by atoms with Gasteiger partial charge in [-0.3, -0.25) is 0 Å². The van der Waals surface area contributed by atoms with Crippen LogP contribution in [0.25, 0.3) is 10.8 Å². The van der Waals surface area contributed by atoms with Crippen molar-refractivity contribution in [3.05, 3.63) is 71.3 Å². The van der Waals surface area contributed by atoms with Gasteiger partial charge in [0.1, 0.15) is 0 Å². The Balaban J connectivity index is 2.07. The van der Waals surface area contributed by atoms with E-state index in [0.717, 1.165) is 0 Å². The van der Waals surface area contributed by atoms with Gasteiger partial charge in [0.25, 0.3) is 0 Å². The summed E-state index contributed by atoms with van der Waals surface area (Å²) in [7, 11) is 2.14. The topological polar surface area (TPSA) is 3.24 Å². The highest BCUT2D eigenvalue weighted by molar-refractivity contribution is 5.87. The Kier molecular flexibility index (Phi) is 3.42. The van der Waals surface area contributed by atoms with Crippen LogP contribution in [0.2, 0.25) is 0 Å². The van der Waals surface area contributed by atoms with E-state index in [2.05, 4.69) is 87.3 Å². The van der Waals surface area contributed by atoms with Gasteiger partial charge in [0.2, 0.25) is 0 Å². The summed E-state index contributed by atoms with van der Waals surface area (Å²) in [5.74, 6) is 0. The van der Waals surface area contributed by atoms with Crippen LogP contribution in [-0.2, 0) is 0 Å². The summed E-state index contributed by atoms with van der Waals surface area (Å²) in [6, 6.07) is 19.7. The minimum atomic E-state index is 1.22. The Bertz CT molecular complexity index is 802. The highest BCUT2D eigenvalue weighted by atomic mass is 15.1. The van der Waals surface area contributed by atoms with Gasteiger partial charge in [0, 0.05) is 18.4 Å². The van der Waals surface area contributed by atoms with Crippen molar-refractivity contribution >= 4 is 22.1 Å². The van der Waals surface area contributed by atoms with E-state index in [9.17, 15) is 0 Å². The maximum Gasteiger partial charge on any atom is 0.0440 e. The molecule has 0 heterocycles. The fourth-order valence-corrected chi connectivity index (χ4v) is 2.83. The van der Waals surface area contributed by atoms with E-state index < -0.39 is 0 Å². The summed E-state index contributed by atoms with van der Waals surface area (Å²) in [6.45, 7) is 6.52. The number of benzene rings is 3. The fraction of sp³-hybridized carbons (Fsp3) is 0.200. The van der Waals surface area contributed by atoms with Crippen molar-refractivity contribution in [1.29, 1.82) is 0 Å². The first-order valence-electron chi connectivity index (χ1n) is 7.36. The number of hydrogen-bond acceptors (Lipinski definition) is 1. The molecule has 0 saturated carbocycles. The highest BCUT2D eigenvalue weighted by Crippen LogP contribution is 2.31. The van der Waals surface area contributed by atoms with E-state index in [1.807, 2.05) is 0 Å². The largest absolute Gasteiger partial charge is 0.344 e. The average molecular weight is 275 g/mol. The zero-order chi connectivity index (χ0) is 15.0. The Hall–Kier alpha value is -2.28. The van der Waals surface area contributed by atoms with Crippen LogP contribution in [0.5, 0.6) is 0 Å². The van der Waals surface area contributed by atoms with E-state index in [1.165, 1.54) is 38.8 Å². The molecule has 0 atom stereocenters. The van der Waals surface area contributed by atoms with Crippen molar-refractivity contribution in [1.82, 2.24) is 0 Å². The van der Waals surface area contributed by atoms with E-state index in [-0.39, 0.29) is 0 Å². The zero-order valence-electron chi connectivity index (χ0n) is 13.1. The maximum absolute atomic E-state index is 2.28. The second-order valence-corrected chi connectivity index (χ2v) is 5.81. The molecule has 0 radical (unpaired) electrons. The Labute approximate surface area is 126 Å². The smallest absolute Gasteiger partial charge is 0.0440 e. The third-order valence-corrected chi connectivity index (χ3v) is 4.29. The van der Waals surface area contributed by atoms with Crippen LogP contribution >= 0.6 is 0 Å². The molecule has 106 valence electrons. The molecule has 0 unspecified atom stereocenters.